The second kappa shape index (κ2) is 6.11. The van der Waals surface area contributed by atoms with Crippen LogP contribution in [0.3, 0.4) is 0 Å². The second-order valence-corrected chi connectivity index (χ2v) is 3.81. The first-order valence-electron chi connectivity index (χ1n) is 4.96. The molecule has 0 aromatic heterocycles. The van der Waals surface area contributed by atoms with E-state index in [4.69, 9.17) is 21.4 Å². The topological polar surface area (TPSA) is 46.5 Å². The number of halogens is 1. The molecule has 0 aliphatic rings. The van der Waals surface area contributed by atoms with Gasteiger partial charge in [0.2, 0.25) is 0 Å². The van der Waals surface area contributed by atoms with E-state index in [1.54, 1.807) is 25.3 Å². The van der Waals surface area contributed by atoms with E-state index < -0.39 is 5.97 Å². The summed E-state index contributed by atoms with van der Waals surface area (Å²) in [6, 6.07) is 3.61. The molecule has 4 heteroatoms. The highest BCUT2D eigenvalue weighted by Crippen LogP contribution is 2.27. The molecule has 0 saturated carbocycles. The maximum absolute atomic E-state index is 10.3. The molecule has 0 amide bonds. The quantitative estimate of drug-likeness (QED) is 0.661. The van der Waals surface area contributed by atoms with Crippen molar-refractivity contribution in [3.8, 4) is 5.75 Å². The molecule has 3 nitrogen and oxygen atoms in total. The van der Waals surface area contributed by atoms with E-state index in [0.717, 1.165) is 17.2 Å². The van der Waals surface area contributed by atoms with Gasteiger partial charge in [0.1, 0.15) is 5.75 Å². The predicted molar refractivity (Wildman–Crippen MR) is 68.6 cm³/mol. The van der Waals surface area contributed by atoms with Crippen molar-refractivity contribution in [2.24, 2.45) is 0 Å². The van der Waals surface area contributed by atoms with Gasteiger partial charge in [-0.2, -0.15) is 0 Å². The Kier molecular flexibility index (Phi) is 4.79. The monoisotopic (exact) mass is 252 g/mol. The molecule has 17 heavy (non-hydrogen) atoms. The van der Waals surface area contributed by atoms with Crippen molar-refractivity contribution in [1.82, 2.24) is 0 Å². The number of benzene rings is 1. The van der Waals surface area contributed by atoms with E-state index in [9.17, 15) is 4.79 Å². The van der Waals surface area contributed by atoms with E-state index in [-0.39, 0.29) is 0 Å². The van der Waals surface area contributed by atoms with Crippen molar-refractivity contribution in [1.29, 1.82) is 0 Å². The summed E-state index contributed by atoms with van der Waals surface area (Å²) >= 11 is 6.00. The number of aryl methyl sites for hydroxylation is 1. The fourth-order valence-corrected chi connectivity index (χ4v) is 1.45. The molecule has 1 N–H and O–H groups in total. The van der Waals surface area contributed by atoms with Crippen LogP contribution in [0.2, 0.25) is 5.02 Å². The maximum Gasteiger partial charge on any atom is 0.328 e. The van der Waals surface area contributed by atoms with E-state index in [0.29, 0.717) is 10.8 Å². The minimum absolute atomic E-state index is 0.646. The number of hydrogen-bond acceptors (Lipinski definition) is 2. The molecule has 90 valence electrons. The van der Waals surface area contributed by atoms with E-state index >= 15 is 0 Å². The van der Waals surface area contributed by atoms with Crippen molar-refractivity contribution in [3.63, 3.8) is 0 Å². The van der Waals surface area contributed by atoms with Gasteiger partial charge in [-0.15, -0.1) is 0 Å². The number of rotatable bonds is 4. The summed E-state index contributed by atoms with van der Waals surface area (Å²) in [5.41, 5.74) is 1.74. The van der Waals surface area contributed by atoms with Crippen LogP contribution in [0.5, 0.6) is 5.75 Å². The third-order valence-electron chi connectivity index (χ3n) is 2.14. The van der Waals surface area contributed by atoms with Crippen molar-refractivity contribution in [3.05, 3.63) is 46.5 Å². The molecule has 1 rings (SSSR count). The van der Waals surface area contributed by atoms with Crippen LogP contribution in [-0.4, -0.2) is 18.2 Å². The van der Waals surface area contributed by atoms with E-state index in [1.807, 2.05) is 13.0 Å². The Bertz CT molecular complexity index is 476. The number of carboxylic acids is 1. The lowest BCUT2D eigenvalue weighted by Gasteiger charge is -2.07. The first kappa shape index (κ1) is 13.3. The molecule has 0 spiro atoms. The third-order valence-corrected chi connectivity index (χ3v) is 2.54. The molecule has 1 aromatic rings. The number of hydrogen-bond donors (Lipinski definition) is 1. The van der Waals surface area contributed by atoms with Crippen LogP contribution in [0.4, 0.5) is 0 Å². The van der Waals surface area contributed by atoms with Gasteiger partial charge in [-0.25, -0.2) is 4.79 Å². The lowest BCUT2D eigenvalue weighted by molar-refractivity contribution is -0.131. The number of ether oxygens (including phenoxy) is 1. The Labute approximate surface area is 105 Å². The number of carbonyl (C=O) groups is 1. The zero-order valence-electron chi connectivity index (χ0n) is 9.61. The number of allylic oxidation sites excluding steroid dienone is 2. The lowest BCUT2D eigenvalue weighted by Crippen LogP contribution is -1.89. The fourth-order valence-electron chi connectivity index (χ4n) is 1.27. The van der Waals surface area contributed by atoms with Gasteiger partial charge in [-0.05, 0) is 24.6 Å². The zero-order valence-corrected chi connectivity index (χ0v) is 10.4. The molecule has 0 saturated heterocycles. The van der Waals surface area contributed by atoms with Crippen molar-refractivity contribution in [2.45, 2.75) is 6.92 Å². The van der Waals surface area contributed by atoms with Gasteiger partial charge in [0.25, 0.3) is 0 Å². The summed E-state index contributed by atoms with van der Waals surface area (Å²) < 4.78 is 5.21. The Hall–Kier alpha value is -1.74. The average Bonchev–Trinajstić information content (AvgIpc) is 2.28. The Morgan fingerprint density at radius 2 is 2.12 bits per heavy atom. The number of carboxylic acid groups (broad SMARTS) is 1. The van der Waals surface area contributed by atoms with E-state index in [2.05, 4.69) is 0 Å². The molecule has 0 heterocycles. The Morgan fingerprint density at radius 3 is 2.71 bits per heavy atom. The van der Waals surface area contributed by atoms with Gasteiger partial charge in [-0.3, -0.25) is 0 Å². The van der Waals surface area contributed by atoms with Crippen LogP contribution in [0.1, 0.15) is 11.1 Å². The summed E-state index contributed by atoms with van der Waals surface area (Å²) in [6.45, 7) is 1.89. The number of aliphatic carboxylic acids is 1. The third kappa shape index (κ3) is 3.96. The highest BCUT2D eigenvalue weighted by atomic mass is 35.5. The summed E-state index contributed by atoms with van der Waals surface area (Å²) in [5.74, 6) is -0.282. The standard InChI is InChI=1S/C13H13ClO3/c1-9-7-12(17-2)10(8-11(9)14)5-3-4-6-13(15)16/h3-8H,1-2H3,(H,15,16)/b5-3+,6-4+. The fraction of sp³-hybridized carbons (Fsp3) is 0.154. The first-order chi connectivity index (χ1) is 8.04. The van der Waals surface area contributed by atoms with Crippen LogP contribution in [0.15, 0.2) is 30.4 Å². The van der Waals surface area contributed by atoms with Crippen LogP contribution in [-0.2, 0) is 4.79 Å². The molecule has 0 atom stereocenters. The SMILES string of the molecule is COc1cc(C)c(Cl)cc1/C=C/C=C/C(=O)O. The Balaban J connectivity index is 2.97. The number of methoxy groups -OCH3 is 1. The molecule has 1 aromatic carbocycles. The smallest absolute Gasteiger partial charge is 0.328 e. The highest BCUT2D eigenvalue weighted by molar-refractivity contribution is 6.31. The second-order valence-electron chi connectivity index (χ2n) is 3.40. The van der Waals surface area contributed by atoms with Gasteiger partial charge < -0.3 is 9.84 Å². The largest absolute Gasteiger partial charge is 0.496 e. The van der Waals surface area contributed by atoms with E-state index in [1.165, 1.54) is 6.08 Å². The molecule has 0 bridgehead atoms. The molecular weight excluding hydrogens is 240 g/mol. The van der Waals surface area contributed by atoms with Gasteiger partial charge in [0.05, 0.1) is 7.11 Å². The maximum atomic E-state index is 10.3. The van der Waals surface area contributed by atoms with Gasteiger partial charge >= 0.3 is 5.97 Å². The lowest BCUT2D eigenvalue weighted by atomic mass is 10.1. The van der Waals surface area contributed by atoms with Crippen LogP contribution in [0, 0.1) is 6.92 Å². The molecule has 0 radical (unpaired) electrons. The van der Waals surface area contributed by atoms with Gasteiger partial charge in [0, 0.05) is 16.7 Å². The molecule has 0 unspecified atom stereocenters. The van der Waals surface area contributed by atoms with Crippen LogP contribution >= 0.6 is 11.6 Å². The van der Waals surface area contributed by atoms with Crippen molar-refractivity contribution >= 4 is 23.6 Å². The van der Waals surface area contributed by atoms with Gasteiger partial charge in [-0.1, -0.05) is 29.8 Å². The summed E-state index contributed by atoms with van der Waals surface area (Å²) in [6.07, 6.45) is 5.86. The first-order valence-corrected chi connectivity index (χ1v) is 5.34. The van der Waals surface area contributed by atoms with Crippen LogP contribution in [0.25, 0.3) is 6.08 Å². The zero-order chi connectivity index (χ0) is 12.8. The molecular formula is C13H13ClO3. The molecule has 0 aliphatic carbocycles. The van der Waals surface area contributed by atoms with Gasteiger partial charge in [0.15, 0.2) is 0 Å². The minimum atomic E-state index is -0.983. The Morgan fingerprint density at radius 1 is 1.41 bits per heavy atom. The highest BCUT2D eigenvalue weighted by Gasteiger charge is 2.03. The molecule has 0 fully saturated rings. The van der Waals surface area contributed by atoms with Crippen molar-refractivity contribution in [2.75, 3.05) is 7.11 Å². The average molecular weight is 253 g/mol. The summed E-state index contributed by atoms with van der Waals surface area (Å²) in [4.78, 5) is 10.3. The van der Waals surface area contributed by atoms with Crippen molar-refractivity contribution < 1.29 is 14.6 Å². The predicted octanol–water partition coefficient (Wildman–Crippen LogP) is 3.31. The normalized spacial score (nSPS) is 11.2. The minimum Gasteiger partial charge on any atom is -0.496 e. The molecule has 0 aliphatic heterocycles. The summed E-state index contributed by atoms with van der Waals surface area (Å²) in [7, 11) is 1.58. The van der Waals surface area contributed by atoms with Crippen LogP contribution < -0.4 is 4.74 Å². The summed E-state index contributed by atoms with van der Waals surface area (Å²) in [5, 5.41) is 9.07.